The summed E-state index contributed by atoms with van der Waals surface area (Å²) in [5.74, 6) is -2.94. The van der Waals surface area contributed by atoms with Gasteiger partial charge in [-0.25, -0.2) is 13.6 Å². The van der Waals surface area contributed by atoms with Crippen molar-refractivity contribution in [2.75, 3.05) is 11.9 Å². The molecule has 1 saturated carbocycles. The molecule has 0 aromatic heterocycles. The SMILES string of the molecule is CC1CC(C)(C)CC2(C1)NC(=O)N(CC(=O)Nc1ccc(F)c(F)c1)C2=O. The maximum atomic E-state index is 13.3. The standard InChI is InChI=1S/C19H23F2N3O3/c1-11-7-18(2,3)10-19(8-11)16(26)24(17(27)23-19)9-15(25)22-12-4-5-13(20)14(21)6-12/h4-6,11H,7-10H2,1-3H3,(H,22,25)(H,23,27). The summed E-state index contributed by atoms with van der Waals surface area (Å²) in [6, 6.07) is 2.32. The zero-order chi connectivity index (χ0) is 20.0. The number of hydrogen-bond donors (Lipinski definition) is 2. The number of anilines is 1. The zero-order valence-electron chi connectivity index (χ0n) is 15.6. The van der Waals surface area contributed by atoms with Crippen LogP contribution < -0.4 is 10.6 Å². The summed E-state index contributed by atoms with van der Waals surface area (Å²) in [6.07, 6.45) is 1.99. The van der Waals surface area contributed by atoms with Crippen LogP contribution in [0.2, 0.25) is 0 Å². The Hall–Kier alpha value is -2.51. The van der Waals surface area contributed by atoms with Crippen molar-refractivity contribution in [2.45, 2.75) is 45.6 Å². The van der Waals surface area contributed by atoms with Gasteiger partial charge in [0.25, 0.3) is 5.91 Å². The minimum Gasteiger partial charge on any atom is -0.324 e. The van der Waals surface area contributed by atoms with Crippen LogP contribution in [0.4, 0.5) is 19.3 Å². The highest BCUT2D eigenvalue weighted by Crippen LogP contribution is 2.46. The minimum absolute atomic E-state index is 0.0492. The summed E-state index contributed by atoms with van der Waals surface area (Å²) >= 11 is 0. The van der Waals surface area contributed by atoms with Gasteiger partial charge in [0, 0.05) is 11.8 Å². The molecule has 2 unspecified atom stereocenters. The molecule has 1 spiro atoms. The van der Waals surface area contributed by atoms with Gasteiger partial charge in [-0.15, -0.1) is 0 Å². The average Bonchev–Trinajstić information content (AvgIpc) is 2.72. The molecule has 1 aliphatic carbocycles. The largest absolute Gasteiger partial charge is 0.325 e. The summed E-state index contributed by atoms with van der Waals surface area (Å²) in [6.45, 7) is 5.67. The quantitative estimate of drug-likeness (QED) is 0.793. The topological polar surface area (TPSA) is 78.5 Å². The van der Waals surface area contributed by atoms with Crippen LogP contribution in [0.1, 0.15) is 40.0 Å². The van der Waals surface area contributed by atoms with Crippen LogP contribution >= 0.6 is 0 Å². The molecule has 2 fully saturated rings. The maximum absolute atomic E-state index is 13.3. The lowest BCUT2D eigenvalue weighted by molar-refractivity contribution is -0.136. The highest BCUT2D eigenvalue weighted by atomic mass is 19.2. The monoisotopic (exact) mass is 379 g/mol. The van der Waals surface area contributed by atoms with E-state index in [0.717, 1.165) is 23.5 Å². The second kappa shape index (κ2) is 6.58. The van der Waals surface area contributed by atoms with Crippen LogP contribution in [0.15, 0.2) is 18.2 Å². The Bertz CT molecular complexity index is 811. The van der Waals surface area contributed by atoms with E-state index in [1.807, 2.05) is 6.92 Å². The predicted molar refractivity (Wildman–Crippen MR) is 94.8 cm³/mol. The fourth-order valence-corrected chi connectivity index (χ4v) is 4.57. The lowest BCUT2D eigenvalue weighted by atomic mass is 9.64. The number of rotatable bonds is 3. The van der Waals surface area contributed by atoms with Crippen LogP contribution in [0.5, 0.6) is 0 Å². The Balaban J connectivity index is 1.72. The molecule has 4 amide bonds. The van der Waals surface area contributed by atoms with Crippen molar-refractivity contribution in [2.24, 2.45) is 11.3 Å². The van der Waals surface area contributed by atoms with Crippen LogP contribution in [0.3, 0.4) is 0 Å². The maximum Gasteiger partial charge on any atom is 0.325 e. The zero-order valence-corrected chi connectivity index (χ0v) is 15.6. The van der Waals surface area contributed by atoms with Crippen LogP contribution in [-0.2, 0) is 9.59 Å². The van der Waals surface area contributed by atoms with E-state index in [4.69, 9.17) is 0 Å². The molecule has 1 aromatic rings. The number of benzene rings is 1. The first-order valence-corrected chi connectivity index (χ1v) is 8.90. The van der Waals surface area contributed by atoms with Gasteiger partial charge in [0.2, 0.25) is 5.91 Å². The third-order valence-corrected chi connectivity index (χ3v) is 5.13. The fraction of sp³-hybridized carbons (Fsp3) is 0.526. The van der Waals surface area contributed by atoms with E-state index < -0.39 is 41.6 Å². The van der Waals surface area contributed by atoms with E-state index in [2.05, 4.69) is 24.5 Å². The first kappa shape index (κ1) is 19.3. The van der Waals surface area contributed by atoms with Crippen LogP contribution in [-0.4, -0.2) is 34.8 Å². The average molecular weight is 379 g/mol. The number of imide groups is 1. The van der Waals surface area contributed by atoms with Gasteiger partial charge >= 0.3 is 6.03 Å². The van der Waals surface area contributed by atoms with Gasteiger partial charge in [-0.05, 0) is 42.7 Å². The van der Waals surface area contributed by atoms with Crippen molar-refractivity contribution in [3.05, 3.63) is 29.8 Å². The Morgan fingerprint density at radius 3 is 2.59 bits per heavy atom. The molecule has 27 heavy (non-hydrogen) atoms. The molecule has 2 atom stereocenters. The van der Waals surface area contributed by atoms with Crippen molar-refractivity contribution >= 4 is 23.5 Å². The smallest absolute Gasteiger partial charge is 0.324 e. The van der Waals surface area contributed by atoms with E-state index in [-0.39, 0.29) is 17.0 Å². The minimum atomic E-state index is -1.10. The predicted octanol–water partition coefficient (Wildman–Crippen LogP) is 3.04. The third-order valence-electron chi connectivity index (χ3n) is 5.13. The molecule has 2 aliphatic rings. The number of halogens is 2. The highest BCUT2D eigenvalue weighted by Gasteiger charge is 2.56. The summed E-state index contributed by atoms with van der Waals surface area (Å²) in [7, 11) is 0. The van der Waals surface area contributed by atoms with Crippen LogP contribution in [0, 0.1) is 23.0 Å². The molecule has 146 valence electrons. The number of nitrogens with zero attached hydrogens (tertiary/aromatic N) is 1. The Morgan fingerprint density at radius 2 is 1.96 bits per heavy atom. The Labute approximate surface area is 156 Å². The normalized spacial score (nSPS) is 27.0. The molecule has 1 aromatic carbocycles. The fourth-order valence-electron chi connectivity index (χ4n) is 4.57. The molecule has 1 heterocycles. The van der Waals surface area contributed by atoms with Crippen molar-refractivity contribution in [3.63, 3.8) is 0 Å². The van der Waals surface area contributed by atoms with Gasteiger partial charge in [0.15, 0.2) is 11.6 Å². The van der Waals surface area contributed by atoms with Crippen molar-refractivity contribution in [3.8, 4) is 0 Å². The van der Waals surface area contributed by atoms with E-state index in [0.29, 0.717) is 12.8 Å². The molecular formula is C19H23F2N3O3. The molecule has 6 nitrogen and oxygen atoms in total. The lowest BCUT2D eigenvalue weighted by Gasteiger charge is -2.43. The molecule has 8 heteroatoms. The number of hydrogen-bond acceptors (Lipinski definition) is 3. The second-order valence-corrected chi connectivity index (χ2v) is 8.44. The van der Waals surface area contributed by atoms with E-state index in [9.17, 15) is 23.2 Å². The summed E-state index contributed by atoms with van der Waals surface area (Å²) < 4.78 is 26.2. The van der Waals surface area contributed by atoms with Crippen molar-refractivity contribution in [1.29, 1.82) is 0 Å². The van der Waals surface area contributed by atoms with E-state index >= 15 is 0 Å². The molecular weight excluding hydrogens is 356 g/mol. The molecule has 2 N–H and O–H groups in total. The molecule has 3 rings (SSSR count). The lowest BCUT2D eigenvalue weighted by Crippen LogP contribution is -2.54. The summed E-state index contributed by atoms with van der Waals surface area (Å²) in [5, 5.41) is 5.16. The van der Waals surface area contributed by atoms with Gasteiger partial charge in [0.05, 0.1) is 0 Å². The van der Waals surface area contributed by atoms with Gasteiger partial charge < -0.3 is 10.6 Å². The molecule has 1 aliphatic heterocycles. The number of carbonyl (C=O) groups is 3. The third kappa shape index (κ3) is 3.79. The summed E-state index contributed by atoms with van der Waals surface area (Å²) in [4.78, 5) is 38.4. The second-order valence-electron chi connectivity index (χ2n) is 8.44. The first-order valence-electron chi connectivity index (χ1n) is 8.90. The van der Waals surface area contributed by atoms with E-state index in [1.165, 1.54) is 6.07 Å². The van der Waals surface area contributed by atoms with Gasteiger partial charge in [-0.1, -0.05) is 20.8 Å². The Morgan fingerprint density at radius 1 is 1.26 bits per heavy atom. The number of urea groups is 1. The van der Waals surface area contributed by atoms with E-state index in [1.54, 1.807) is 0 Å². The van der Waals surface area contributed by atoms with Crippen molar-refractivity contribution < 1.29 is 23.2 Å². The van der Waals surface area contributed by atoms with Crippen LogP contribution in [0.25, 0.3) is 0 Å². The number of nitrogens with one attached hydrogen (secondary N) is 2. The van der Waals surface area contributed by atoms with Crippen molar-refractivity contribution in [1.82, 2.24) is 10.2 Å². The molecule has 0 radical (unpaired) electrons. The van der Waals surface area contributed by atoms with Gasteiger partial charge in [-0.2, -0.15) is 0 Å². The Kier molecular flexibility index (Phi) is 4.69. The number of amides is 4. The number of carbonyl (C=O) groups excluding carboxylic acids is 3. The first-order chi connectivity index (χ1) is 12.5. The highest BCUT2D eigenvalue weighted by molar-refractivity contribution is 6.10. The molecule has 0 bridgehead atoms. The summed E-state index contributed by atoms with van der Waals surface area (Å²) in [5.41, 5.74) is -1.04. The molecule has 1 saturated heterocycles. The van der Waals surface area contributed by atoms with Gasteiger partial charge in [0.1, 0.15) is 12.1 Å². The van der Waals surface area contributed by atoms with Gasteiger partial charge in [-0.3, -0.25) is 14.5 Å².